The van der Waals surface area contributed by atoms with Gasteiger partial charge in [0.25, 0.3) is 0 Å². The maximum Gasteiger partial charge on any atom is 0.343 e. The molecule has 0 aliphatic rings. The number of nitrogens with one attached hydrogen (secondary N) is 1. The van der Waals surface area contributed by atoms with Gasteiger partial charge in [-0.25, -0.2) is 14.8 Å². The van der Waals surface area contributed by atoms with E-state index in [0.29, 0.717) is 30.3 Å². The van der Waals surface area contributed by atoms with Crippen molar-refractivity contribution in [3.05, 3.63) is 30.0 Å². The van der Waals surface area contributed by atoms with Gasteiger partial charge in [0, 0.05) is 18.9 Å². The Morgan fingerprint density at radius 1 is 1.53 bits per heavy atom. The van der Waals surface area contributed by atoms with Crippen molar-refractivity contribution in [1.29, 1.82) is 0 Å². The van der Waals surface area contributed by atoms with Gasteiger partial charge in [-0.15, -0.1) is 5.10 Å². The van der Waals surface area contributed by atoms with Crippen LogP contribution in [0.1, 0.15) is 16.2 Å². The molecule has 0 radical (unpaired) electrons. The molecule has 2 heterocycles. The summed E-state index contributed by atoms with van der Waals surface area (Å²) in [6, 6.07) is 0. The van der Waals surface area contributed by atoms with Gasteiger partial charge in [-0.05, 0) is 6.92 Å². The summed E-state index contributed by atoms with van der Waals surface area (Å²) in [6.45, 7) is 2.93. The average molecular weight is 262 g/mol. The van der Waals surface area contributed by atoms with E-state index < -0.39 is 5.97 Å². The number of hydrogen-bond acceptors (Lipinski definition) is 7. The third-order valence-corrected chi connectivity index (χ3v) is 2.42. The lowest BCUT2D eigenvalue weighted by Crippen LogP contribution is -2.16. The van der Waals surface area contributed by atoms with E-state index in [2.05, 4.69) is 30.3 Å². The first-order valence-corrected chi connectivity index (χ1v) is 5.70. The lowest BCUT2D eigenvalue weighted by Gasteiger charge is -2.09. The molecule has 0 spiro atoms. The first-order valence-electron chi connectivity index (χ1n) is 5.70. The number of anilines is 1. The van der Waals surface area contributed by atoms with Crippen LogP contribution in [0.25, 0.3) is 0 Å². The Morgan fingerprint density at radius 2 is 2.37 bits per heavy atom. The summed E-state index contributed by atoms with van der Waals surface area (Å²) >= 11 is 0. The molecular weight excluding hydrogens is 248 g/mol. The summed E-state index contributed by atoms with van der Waals surface area (Å²) in [5, 5.41) is 10.6. The minimum Gasteiger partial charge on any atom is -0.465 e. The topological polar surface area (TPSA) is 94.8 Å². The number of carbonyl (C=O) groups excluding carboxylic acids is 1. The van der Waals surface area contributed by atoms with E-state index in [1.54, 1.807) is 24.0 Å². The van der Waals surface area contributed by atoms with Gasteiger partial charge in [-0.3, -0.25) is 4.68 Å². The second kappa shape index (κ2) is 5.89. The molecule has 2 aromatic heterocycles. The lowest BCUT2D eigenvalue weighted by atomic mass is 10.3. The maximum atomic E-state index is 11.6. The molecule has 100 valence electrons. The smallest absolute Gasteiger partial charge is 0.343 e. The predicted molar refractivity (Wildman–Crippen MR) is 66.6 cm³/mol. The fourth-order valence-corrected chi connectivity index (χ4v) is 1.50. The zero-order valence-electron chi connectivity index (χ0n) is 10.7. The van der Waals surface area contributed by atoms with Crippen LogP contribution in [0.5, 0.6) is 0 Å². The van der Waals surface area contributed by atoms with Crippen molar-refractivity contribution in [3.8, 4) is 0 Å². The molecule has 0 atom stereocenters. The van der Waals surface area contributed by atoms with Crippen LogP contribution >= 0.6 is 0 Å². The molecule has 0 aliphatic heterocycles. The number of carbonyl (C=O) groups is 1. The Labute approximate surface area is 109 Å². The average Bonchev–Trinajstić information content (AvgIpc) is 2.91. The van der Waals surface area contributed by atoms with Gasteiger partial charge in [-0.2, -0.15) is 0 Å². The van der Waals surface area contributed by atoms with E-state index in [-0.39, 0.29) is 0 Å². The number of esters is 1. The highest BCUT2D eigenvalue weighted by Crippen LogP contribution is 2.12. The molecule has 0 saturated carbocycles. The van der Waals surface area contributed by atoms with Crippen LogP contribution in [0.3, 0.4) is 0 Å². The first kappa shape index (κ1) is 12.9. The molecule has 0 amide bonds. The number of rotatable bonds is 5. The van der Waals surface area contributed by atoms with Crippen LogP contribution in [-0.2, 0) is 11.3 Å². The maximum absolute atomic E-state index is 11.6. The monoisotopic (exact) mass is 262 g/mol. The van der Waals surface area contributed by atoms with Gasteiger partial charge in [0.15, 0.2) is 0 Å². The van der Waals surface area contributed by atoms with Gasteiger partial charge >= 0.3 is 5.97 Å². The molecule has 1 N–H and O–H groups in total. The number of hydrogen-bond donors (Lipinski definition) is 1. The zero-order chi connectivity index (χ0) is 13.7. The fraction of sp³-hybridized carbons (Fsp3) is 0.364. The zero-order valence-corrected chi connectivity index (χ0v) is 10.7. The van der Waals surface area contributed by atoms with Crippen LogP contribution in [0.15, 0.2) is 18.6 Å². The van der Waals surface area contributed by atoms with Crippen LogP contribution in [0.2, 0.25) is 0 Å². The van der Waals surface area contributed by atoms with E-state index in [0.717, 1.165) is 0 Å². The van der Waals surface area contributed by atoms with Gasteiger partial charge < -0.3 is 10.1 Å². The molecule has 0 saturated heterocycles. The number of aryl methyl sites for hydroxylation is 1. The quantitative estimate of drug-likeness (QED) is 0.773. The van der Waals surface area contributed by atoms with Crippen molar-refractivity contribution in [2.75, 3.05) is 19.0 Å². The first-order chi connectivity index (χ1) is 9.20. The van der Waals surface area contributed by atoms with Crippen LogP contribution in [-0.4, -0.2) is 44.6 Å². The van der Waals surface area contributed by atoms with Crippen molar-refractivity contribution in [3.63, 3.8) is 0 Å². The van der Waals surface area contributed by atoms with Crippen molar-refractivity contribution < 1.29 is 9.53 Å². The standard InChI is InChI=1S/C11H14N6O2/c1-8-13-7-9(11(18)19-2)10(15-8)12-3-5-17-6-4-14-16-17/h4,6-7H,3,5H2,1-2H3,(H,12,13,15). The third-order valence-electron chi connectivity index (χ3n) is 2.42. The Hall–Kier alpha value is -2.51. The molecular formula is C11H14N6O2. The molecule has 0 aliphatic carbocycles. The van der Waals surface area contributed by atoms with Crippen molar-refractivity contribution >= 4 is 11.8 Å². The molecule has 19 heavy (non-hydrogen) atoms. The molecule has 0 fully saturated rings. The predicted octanol–water partition coefficient (Wildman–Crippen LogP) is 0.275. The highest BCUT2D eigenvalue weighted by atomic mass is 16.5. The molecule has 0 bridgehead atoms. The second-order valence-corrected chi connectivity index (χ2v) is 3.76. The number of aromatic nitrogens is 5. The number of methoxy groups -OCH3 is 1. The summed E-state index contributed by atoms with van der Waals surface area (Å²) in [7, 11) is 1.32. The van der Waals surface area contributed by atoms with Gasteiger partial charge in [0.05, 0.1) is 19.9 Å². The molecule has 0 unspecified atom stereocenters. The van der Waals surface area contributed by atoms with E-state index in [1.807, 2.05) is 0 Å². The number of ether oxygens (including phenoxy) is 1. The van der Waals surface area contributed by atoms with Crippen molar-refractivity contribution in [2.45, 2.75) is 13.5 Å². The Kier molecular flexibility index (Phi) is 4.01. The minimum absolute atomic E-state index is 0.312. The van der Waals surface area contributed by atoms with E-state index in [4.69, 9.17) is 0 Å². The minimum atomic E-state index is -0.469. The van der Waals surface area contributed by atoms with Crippen LogP contribution < -0.4 is 5.32 Å². The van der Waals surface area contributed by atoms with Crippen LogP contribution in [0.4, 0.5) is 5.82 Å². The molecule has 2 aromatic rings. The van der Waals surface area contributed by atoms with E-state index >= 15 is 0 Å². The Balaban J connectivity index is 2.05. The van der Waals surface area contributed by atoms with E-state index in [9.17, 15) is 4.79 Å². The van der Waals surface area contributed by atoms with Crippen molar-refractivity contribution in [2.24, 2.45) is 0 Å². The Bertz CT molecular complexity index is 554. The summed E-state index contributed by atoms with van der Waals surface area (Å²) in [5.41, 5.74) is 0.312. The SMILES string of the molecule is COC(=O)c1cnc(C)nc1NCCn1ccnn1. The highest BCUT2D eigenvalue weighted by Gasteiger charge is 2.13. The summed E-state index contributed by atoms with van der Waals surface area (Å²) < 4.78 is 6.36. The van der Waals surface area contributed by atoms with Gasteiger partial charge in [0.1, 0.15) is 17.2 Å². The molecule has 8 nitrogen and oxygen atoms in total. The Morgan fingerprint density at radius 3 is 3.05 bits per heavy atom. The van der Waals surface area contributed by atoms with Crippen LogP contribution in [0, 0.1) is 6.92 Å². The summed E-state index contributed by atoms with van der Waals surface area (Å²) in [6.07, 6.45) is 4.81. The highest BCUT2D eigenvalue weighted by molar-refractivity contribution is 5.94. The second-order valence-electron chi connectivity index (χ2n) is 3.76. The normalized spacial score (nSPS) is 10.2. The van der Waals surface area contributed by atoms with Gasteiger partial charge in [-0.1, -0.05) is 5.21 Å². The summed E-state index contributed by atoms with van der Waals surface area (Å²) in [4.78, 5) is 19.7. The third kappa shape index (κ3) is 3.24. The summed E-state index contributed by atoms with van der Waals surface area (Å²) in [5.74, 6) is 0.568. The van der Waals surface area contributed by atoms with E-state index in [1.165, 1.54) is 13.3 Å². The molecule has 8 heteroatoms. The largest absolute Gasteiger partial charge is 0.465 e. The van der Waals surface area contributed by atoms with Gasteiger partial charge in [0.2, 0.25) is 0 Å². The van der Waals surface area contributed by atoms with Crippen molar-refractivity contribution in [1.82, 2.24) is 25.0 Å². The molecule has 2 rings (SSSR count). The fourth-order valence-electron chi connectivity index (χ4n) is 1.50. The number of nitrogens with zero attached hydrogens (tertiary/aromatic N) is 5. The molecule has 0 aromatic carbocycles. The lowest BCUT2D eigenvalue weighted by molar-refractivity contribution is 0.0601.